The van der Waals surface area contributed by atoms with E-state index in [1.54, 1.807) is 36.3 Å². The SMILES string of the molecule is COc1ccc(N(CCC(N)=O)CC(=O)NC(C)c2ccc(F)cc2)cc1. The Morgan fingerprint density at radius 1 is 1.15 bits per heavy atom. The number of benzene rings is 2. The molecule has 2 amide bonds. The number of nitrogens with two attached hydrogens (primary N) is 1. The fourth-order valence-electron chi connectivity index (χ4n) is 2.63. The maximum atomic E-state index is 13.0. The third-order valence-electron chi connectivity index (χ3n) is 4.15. The smallest absolute Gasteiger partial charge is 0.239 e. The molecule has 0 aliphatic heterocycles. The number of anilines is 1. The van der Waals surface area contributed by atoms with E-state index in [2.05, 4.69) is 5.32 Å². The van der Waals surface area contributed by atoms with Crippen molar-refractivity contribution in [2.75, 3.05) is 25.1 Å². The Bertz CT molecular complexity index is 763. The van der Waals surface area contributed by atoms with E-state index >= 15 is 0 Å². The fourth-order valence-corrected chi connectivity index (χ4v) is 2.63. The van der Waals surface area contributed by atoms with E-state index in [4.69, 9.17) is 10.5 Å². The lowest BCUT2D eigenvalue weighted by Crippen LogP contribution is -2.39. The highest BCUT2D eigenvalue weighted by atomic mass is 19.1. The van der Waals surface area contributed by atoms with Gasteiger partial charge >= 0.3 is 0 Å². The van der Waals surface area contributed by atoms with Crippen LogP contribution >= 0.6 is 0 Å². The minimum Gasteiger partial charge on any atom is -0.497 e. The van der Waals surface area contributed by atoms with E-state index in [9.17, 15) is 14.0 Å². The first kappa shape index (κ1) is 20.2. The molecule has 0 aliphatic carbocycles. The molecule has 0 saturated heterocycles. The number of halogens is 1. The number of carbonyl (C=O) groups is 2. The predicted molar refractivity (Wildman–Crippen MR) is 102 cm³/mol. The lowest BCUT2D eigenvalue weighted by Gasteiger charge is -2.25. The zero-order chi connectivity index (χ0) is 19.8. The summed E-state index contributed by atoms with van der Waals surface area (Å²) in [6, 6.07) is 12.9. The van der Waals surface area contributed by atoms with E-state index in [-0.39, 0.29) is 30.7 Å². The van der Waals surface area contributed by atoms with Gasteiger partial charge < -0.3 is 20.7 Å². The number of nitrogens with zero attached hydrogens (tertiary/aromatic N) is 1. The second-order valence-corrected chi connectivity index (χ2v) is 6.18. The van der Waals surface area contributed by atoms with Crippen molar-refractivity contribution >= 4 is 17.5 Å². The number of ether oxygens (including phenoxy) is 1. The van der Waals surface area contributed by atoms with Gasteiger partial charge in [0.25, 0.3) is 0 Å². The number of hydrogen-bond acceptors (Lipinski definition) is 4. The Morgan fingerprint density at radius 3 is 2.33 bits per heavy atom. The van der Waals surface area contributed by atoms with Crippen LogP contribution in [-0.2, 0) is 9.59 Å². The summed E-state index contributed by atoms with van der Waals surface area (Å²) in [7, 11) is 1.57. The number of carbonyl (C=O) groups excluding carboxylic acids is 2. The highest BCUT2D eigenvalue weighted by molar-refractivity contribution is 5.82. The van der Waals surface area contributed by atoms with Crippen LogP contribution in [-0.4, -0.2) is 32.0 Å². The van der Waals surface area contributed by atoms with Crippen molar-refractivity contribution in [2.45, 2.75) is 19.4 Å². The molecular formula is C20H24FN3O3. The zero-order valence-corrected chi connectivity index (χ0v) is 15.4. The molecular weight excluding hydrogens is 349 g/mol. The van der Waals surface area contributed by atoms with Gasteiger partial charge in [0.05, 0.1) is 19.7 Å². The molecule has 2 aromatic carbocycles. The molecule has 1 unspecified atom stereocenters. The molecule has 0 bridgehead atoms. The van der Waals surface area contributed by atoms with Crippen LogP contribution in [0.1, 0.15) is 24.9 Å². The van der Waals surface area contributed by atoms with Crippen LogP contribution in [0.3, 0.4) is 0 Å². The quantitative estimate of drug-likeness (QED) is 0.707. The van der Waals surface area contributed by atoms with Gasteiger partial charge in [-0.2, -0.15) is 0 Å². The first-order chi connectivity index (χ1) is 12.9. The molecule has 2 aromatic rings. The van der Waals surface area contributed by atoms with E-state index in [0.717, 1.165) is 11.3 Å². The summed E-state index contributed by atoms with van der Waals surface area (Å²) in [6.07, 6.45) is 0.132. The molecule has 2 rings (SSSR count). The van der Waals surface area contributed by atoms with Crippen LogP contribution in [0.15, 0.2) is 48.5 Å². The summed E-state index contributed by atoms with van der Waals surface area (Å²) in [5.41, 5.74) is 6.83. The van der Waals surface area contributed by atoms with Crippen LogP contribution in [0.4, 0.5) is 10.1 Å². The van der Waals surface area contributed by atoms with E-state index in [1.807, 2.05) is 19.1 Å². The zero-order valence-electron chi connectivity index (χ0n) is 15.4. The Hall–Kier alpha value is -3.09. The number of nitrogens with one attached hydrogen (secondary N) is 1. The maximum absolute atomic E-state index is 13.0. The van der Waals surface area contributed by atoms with E-state index < -0.39 is 5.91 Å². The topological polar surface area (TPSA) is 84.7 Å². The van der Waals surface area contributed by atoms with Crippen molar-refractivity contribution in [1.82, 2.24) is 5.32 Å². The number of amides is 2. The van der Waals surface area contributed by atoms with Gasteiger partial charge in [0.15, 0.2) is 0 Å². The van der Waals surface area contributed by atoms with Gasteiger partial charge in [0, 0.05) is 18.7 Å². The first-order valence-corrected chi connectivity index (χ1v) is 8.61. The minimum atomic E-state index is -0.436. The Kier molecular flexibility index (Phi) is 7.16. The van der Waals surface area contributed by atoms with Gasteiger partial charge in [-0.3, -0.25) is 9.59 Å². The fraction of sp³-hybridized carbons (Fsp3) is 0.300. The molecule has 0 aromatic heterocycles. The van der Waals surface area contributed by atoms with Gasteiger partial charge in [0.1, 0.15) is 11.6 Å². The molecule has 0 heterocycles. The van der Waals surface area contributed by atoms with Crippen LogP contribution in [0.25, 0.3) is 0 Å². The van der Waals surface area contributed by atoms with Crippen molar-refractivity contribution in [1.29, 1.82) is 0 Å². The number of hydrogen-bond donors (Lipinski definition) is 2. The lowest BCUT2D eigenvalue weighted by molar-refractivity contribution is -0.121. The highest BCUT2D eigenvalue weighted by Gasteiger charge is 2.15. The summed E-state index contributed by atoms with van der Waals surface area (Å²) >= 11 is 0. The average Bonchev–Trinajstić information content (AvgIpc) is 2.65. The van der Waals surface area contributed by atoms with Crippen molar-refractivity contribution in [2.24, 2.45) is 5.73 Å². The summed E-state index contributed by atoms with van der Waals surface area (Å²) in [5, 5.41) is 2.88. The molecule has 6 nitrogen and oxygen atoms in total. The molecule has 0 saturated carbocycles. The van der Waals surface area contributed by atoms with Crippen molar-refractivity contribution < 1.29 is 18.7 Å². The predicted octanol–water partition coefficient (Wildman–Crippen LogP) is 2.39. The maximum Gasteiger partial charge on any atom is 0.239 e. The summed E-state index contributed by atoms with van der Waals surface area (Å²) in [5.74, 6) is -0.280. The Balaban J connectivity index is 2.04. The molecule has 3 N–H and O–H groups in total. The molecule has 1 atom stereocenters. The average molecular weight is 373 g/mol. The first-order valence-electron chi connectivity index (χ1n) is 8.61. The lowest BCUT2D eigenvalue weighted by atomic mass is 10.1. The second-order valence-electron chi connectivity index (χ2n) is 6.18. The third kappa shape index (κ3) is 6.29. The molecule has 27 heavy (non-hydrogen) atoms. The summed E-state index contributed by atoms with van der Waals surface area (Å²) in [6.45, 7) is 2.21. The van der Waals surface area contributed by atoms with Gasteiger partial charge in [0.2, 0.25) is 11.8 Å². The number of methoxy groups -OCH3 is 1. The molecule has 7 heteroatoms. The van der Waals surface area contributed by atoms with Gasteiger partial charge in [-0.1, -0.05) is 12.1 Å². The van der Waals surface area contributed by atoms with Crippen LogP contribution in [0.5, 0.6) is 5.75 Å². The van der Waals surface area contributed by atoms with E-state index in [0.29, 0.717) is 12.3 Å². The largest absolute Gasteiger partial charge is 0.497 e. The highest BCUT2D eigenvalue weighted by Crippen LogP contribution is 2.20. The summed E-state index contributed by atoms with van der Waals surface area (Å²) < 4.78 is 18.2. The molecule has 0 spiro atoms. The van der Waals surface area contributed by atoms with Crippen molar-refractivity contribution in [3.05, 3.63) is 59.9 Å². The molecule has 0 aliphatic rings. The Labute approximate surface area is 158 Å². The normalized spacial score (nSPS) is 11.5. The molecule has 0 radical (unpaired) electrons. The Morgan fingerprint density at radius 2 is 1.78 bits per heavy atom. The van der Waals surface area contributed by atoms with Crippen molar-refractivity contribution in [3.8, 4) is 5.75 Å². The second kappa shape index (κ2) is 9.56. The van der Waals surface area contributed by atoms with Crippen LogP contribution in [0, 0.1) is 5.82 Å². The molecule has 144 valence electrons. The van der Waals surface area contributed by atoms with Crippen LogP contribution < -0.4 is 20.7 Å². The number of rotatable bonds is 9. The third-order valence-corrected chi connectivity index (χ3v) is 4.15. The standard InChI is InChI=1S/C20H24FN3O3/c1-14(15-3-5-16(21)6-4-15)23-20(26)13-24(12-11-19(22)25)17-7-9-18(27-2)10-8-17/h3-10,14H,11-13H2,1-2H3,(H2,22,25)(H,23,26). The summed E-state index contributed by atoms with van der Waals surface area (Å²) in [4.78, 5) is 25.4. The van der Waals surface area contributed by atoms with Gasteiger partial charge in [-0.15, -0.1) is 0 Å². The minimum absolute atomic E-state index is 0.0607. The monoisotopic (exact) mass is 373 g/mol. The number of primary amides is 1. The van der Waals surface area contributed by atoms with Gasteiger partial charge in [-0.25, -0.2) is 4.39 Å². The van der Waals surface area contributed by atoms with Crippen LogP contribution in [0.2, 0.25) is 0 Å². The van der Waals surface area contributed by atoms with E-state index in [1.165, 1.54) is 12.1 Å². The van der Waals surface area contributed by atoms with Gasteiger partial charge in [-0.05, 0) is 48.9 Å². The van der Waals surface area contributed by atoms with Crippen molar-refractivity contribution in [3.63, 3.8) is 0 Å². The molecule has 0 fully saturated rings.